The first-order chi connectivity index (χ1) is 9.13. The van der Waals surface area contributed by atoms with Gasteiger partial charge in [-0.2, -0.15) is 0 Å². The van der Waals surface area contributed by atoms with E-state index in [1.54, 1.807) is 0 Å². The van der Waals surface area contributed by atoms with Crippen LogP contribution in [0.15, 0.2) is 24.3 Å². The third kappa shape index (κ3) is 4.79. The maximum atomic E-state index is 6.38. The van der Waals surface area contributed by atoms with Crippen LogP contribution in [0.4, 0.5) is 0 Å². The van der Waals surface area contributed by atoms with Gasteiger partial charge in [0, 0.05) is 17.1 Å². The molecule has 0 bridgehead atoms. The lowest BCUT2D eigenvalue weighted by Gasteiger charge is -2.35. The van der Waals surface area contributed by atoms with Gasteiger partial charge in [-0.1, -0.05) is 44.5 Å². The standard InChI is InChI=1S/C16H27ClN2/c1-4-10-19(11-5-2)16(15(18)6-3)13-8-7-9-14(17)12-13/h7-9,12,15-16H,4-6,10-11,18H2,1-3H3. The maximum Gasteiger partial charge on any atom is 0.0499 e. The highest BCUT2D eigenvalue weighted by atomic mass is 35.5. The summed E-state index contributed by atoms with van der Waals surface area (Å²) in [6.45, 7) is 8.75. The normalized spacial score (nSPS) is 14.6. The highest BCUT2D eigenvalue weighted by molar-refractivity contribution is 6.30. The molecule has 0 spiro atoms. The third-order valence-electron chi connectivity index (χ3n) is 3.48. The molecule has 0 saturated heterocycles. The van der Waals surface area contributed by atoms with Crippen LogP contribution in [0.1, 0.15) is 51.6 Å². The molecule has 1 rings (SSSR count). The Bertz CT molecular complexity index is 362. The predicted molar refractivity (Wildman–Crippen MR) is 84.6 cm³/mol. The molecule has 0 radical (unpaired) electrons. The molecule has 0 aromatic heterocycles. The van der Waals surface area contributed by atoms with Gasteiger partial charge in [0.15, 0.2) is 0 Å². The van der Waals surface area contributed by atoms with E-state index in [1.165, 1.54) is 5.56 Å². The molecule has 0 fully saturated rings. The van der Waals surface area contributed by atoms with Crippen molar-refractivity contribution in [2.45, 2.75) is 52.1 Å². The van der Waals surface area contributed by atoms with Crippen LogP contribution >= 0.6 is 11.6 Å². The van der Waals surface area contributed by atoms with Gasteiger partial charge in [-0.05, 0) is 50.0 Å². The molecule has 3 heteroatoms. The second-order valence-corrected chi connectivity index (χ2v) is 5.54. The van der Waals surface area contributed by atoms with Gasteiger partial charge in [-0.15, -0.1) is 0 Å². The predicted octanol–water partition coefficient (Wildman–Crippen LogP) is 4.24. The quantitative estimate of drug-likeness (QED) is 0.773. The van der Waals surface area contributed by atoms with Crippen LogP contribution in [-0.4, -0.2) is 24.0 Å². The van der Waals surface area contributed by atoms with Gasteiger partial charge in [-0.25, -0.2) is 0 Å². The first kappa shape index (κ1) is 16.5. The first-order valence-corrected chi connectivity index (χ1v) is 7.76. The van der Waals surface area contributed by atoms with Gasteiger partial charge in [0.2, 0.25) is 0 Å². The minimum atomic E-state index is 0.150. The van der Waals surface area contributed by atoms with Gasteiger partial charge in [0.05, 0.1) is 0 Å². The van der Waals surface area contributed by atoms with Crippen LogP contribution in [0.3, 0.4) is 0 Å². The van der Waals surface area contributed by atoms with E-state index in [-0.39, 0.29) is 12.1 Å². The molecule has 2 unspecified atom stereocenters. The van der Waals surface area contributed by atoms with Crippen molar-refractivity contribution < 1.29 is 0 Å². The Morgan fingerprint density at radius 1 is 1.16 bits per heavy atom. The van der Waals surface area contributed by atoms with Crippen LogP contribution in [0, 0.1) is 0 Å². The molecule has 0 heterocycles. The highest BCUT2D eigenvalue weighted by Crippen LogP contribution is 2.27. The Morgan fingerprint density at radius 2 is 1.79 bits per heavy atom. The lowest BCUT2D eigenvalue weighted by atomic mass is 9.96. The van der Waals surface area contributed by atoms with Crippen molar-refractivity contribution in [2.24, 2.45) is 5.73 Å². The van der Waals surface area contributed by atoms with E-state index >= 15 is 0 Å². The van der Waals surface area contributed by atoms with E-state index < -0.39 is 0 Å². The zero-order valence-electron chi connectivity index (χ0n) is 12.4. The van der Waals surface area contributed by atoms with Crippen molar-refractivity contribution in [1.82, 2.24) is 4.90 Å². The average molecular weight is 283 g/mol. The van der Waals surface area contributed by atoms with Gasteiger partial charge < -0.3 is 5.73 Å². The van der Waals surface area contributed by atoms with Crippen LogP contribution in [0.5, 0.6) is 0 Å². The van der Waals surface area contributed by atoms with E-state index in [4.69, 9.17) is 17.3 Å². The summed E-state index contributed by atoms with van der Waals surface area (Å²) < 4.78 is 0. The van der Waals surface area contributed by atoms with Gasteiger partial charge >= 0.3 is 0 Å². The zero-order chi connectivity index (χ0) is 14.3. The lowest BCUT2D eigenvalue weighted by molar-refractivity contribution is 0.169. The van der Waals surface area contributed by atoms with Crippen molar-refractivity contribution in [1.29, 1.82) is 0 Å². The van der Waals surface area contributed by atoms with Crippen molar-refractivity contribution >= 4 is 11.6 Å². The number of hydrogen-bond donors (Lipinski definition) is 1. The zero-order valence-corrected chi connectivity index (χ0v) is 13.2. The molecule has 2 N–H and O–H groups in total. The summed E-state index contributed by atoms with van der Waals surface area (Å²) in [6.07, 6.45) is 3.27. The SMILES string of the molecule is CCCN(CCC)C(c1cccc(Cl)c1)C(N)CC. The summed E-state index contributed by atoms with van der Waals surface area (Å²) in [4.78, 5) is 2.50. The minimum absolute atomic E-state index is 0.150. The van der Waals surface area contributed by atoms with Gasteiger partial charge in [0.1, 0.15) is 0 Å². The Kier molecular flexibility index (Phi) is 7.44. The lowest BCUT2D eigenvalue weighted by Crippen LogP contribution is -2.41. The number of benzene rings is 1. The third-order valence-corrected chi connectivity index (χ3v) is 3.72. The molecular weight excluding hydrogens is 256 g/mol. The van der Waals surface area contributed by atoms with Crippen molar-refractivity contribution in [3.63, 3.8) is 0 Å². The average Bonchev–Trinajstić information content (AvgIpc) is 2.39. The fourth-order valence-electron chi connectivity index (χ4n) is 2.61. The van der Waals surface area contributed by atoms with Gasteiger partial charge in [-0.3, -0.25) is 4.90 Å². The summed E-state index contributed by atoms with van der Waals surface area (Å²) in [7, 11) is 0. The Balaban J connectivity index is 3.04. The molecule has 0 saturated carbocycles. The fourth-order valence-corrected chi connectivity index (χ4v) is 2.81. The molecule has 1 aromatic carbocycles. The van der Waals surface area contributed by atoms with E-state index in [1.807, 2.05) is 12.1 Å². The molecule has 1 aromatic rings. The summed E-state index contributed by atoms with van der Waals surface area (Å²) in [5, 5.41) is 0.791. The molecule has 0 aliphatic carbocycles. The summed E-state index contributed by atoms with van der Waals surface area (Å²) in [5.74, 6) is 0. The second-order valence-electron chi connectivity index (χ2n) is 5.11. The van der Waals surface area contributed by atoms with Crippen molar-refractivity contribution in [3.05, 3.63) is 34.9 Å². The fraction of sp³-hybridized carbons (Fsp3) is 0.625. The minimum Gasteiger partial charge on any atom is -0.326 e. The first-order valence-electron chi connectivity index (χ1n) is 7.39. The van der Waals surface area contributed by atoms with E-state index in [0.29, 0.717) is 0 Å². The number of halogens is 1. The van der Waals surface area contributed by atoms with Crippen LogP contribution in [0.25, 0.3) is 0 Å². The molecule has 0 aliphatic rings. The summed E-state index contributed by atoms with van der Waals surface area (Å²) >= 11 is 6.14. The van der Waals surface area contributed by atoms with Crippen LogP contribution in [-0.2, 0) is 0 Å². The molecule has 108 valence electrons. The van der Waals surface area contributed by atoms with E-state index in [2.05, 4.69) is 37.8 Å². The molecular formula is C16H27ClN2. The van der Waals surface area contributed by atoms with Crippen molar-refractivity contribution in [2.75, 3.05) is 13.1 Å². The Hall–Kier alpha value is -0.570. The number of nitrogens with two attached hydrogens (primary N) is 1. The smallest absolute Gasteiger partial charge is 0.0499 e. The number of rotatable bonds is 8. The topological polar surface area (TPSA) is 29.3 Å². The van der Waals surface area contributed by atoms with E-state index in [0.717, 1.165) is 37.4 Å². The molecule has 19 heavy (non-hydrogen) atoms. The van der Waals surface area contributed by atoms with E-state index in [9.17, 15) is 0 Å². The molecule has 2 atom stereocenters. The Labute approximate surface area is 122 Å². The highest BCUT2D eigenvalue weighted by Gasteiger charge is 2.24. The molecule has 0 amide bonds. The monoisotopic (exact) mass is 282 g/mol. The van der Waals surface area contributed by atoms with Crippen LogP contribution in [0.2, 0.25) is 5.02 Å². The second kappa shape index (κ2) is 8.57. The molecule has 0 aliphatic heterocycles. The summed E-state index contributed by atoms with van der Waals surface area (Å²) in [6, 6.07) is 8.55. The van der Waals surface area contributed by atoms with Gasteiger partial charge in [0.25, 0.3) is 0 Å². The number of nitrogens with zero attached hydrogens (tertiary/aromatic N) is 1. The number of hydrogen-bond acceptors (Lipinski definition) is 2. The largest absolute Gasteiger partial charge is 0.326 e. The Morgan fingerprint density at radius 3 is 2.26 bits per heavy atom. The molecule has 2 nitrogen and oxygen atoms in total. The van der Waals surface area contributed by atoms with Crippen LogP contribution < -0.4 is 5.73 Å². The van der Waals surface area contributed by atoms with Crippen molar-refractivity contribution in [3.8, 4) is 0 Å². The summed E-state index contributed by atoms with van der Waals surface area (Å²) in [5.41, 5.74) is 7.62. The maximum absolute atomic E-state index is 6.38.